The summed E-state index contributed by atoms with van der Waals surface area (Å²) in [5.41, 5.74) is 2.53. The summed E-state index contributed by atoms with van der Waals surface area (Å²) < 4.78 is 3.89. The Balaban J connectivity index is 2.26. The molecule has 0 unspecified atom stereocenters. The number of carbonyl (C=O) groups is 1. The summed E-state index contributed by atoms with van der Waals surface area (Å²) in [6.07, 6.45) is 1.92. The lowest BCUT2D eigenvalue weighted by Gasteiger charge is -2.13. The van der Waals surface area contributed by atoms with E-state index in [9.17, 15) is 4.79 Å². The van der Waals surface area contributed by atoms with Gasteiger partial charge in [-0.15, -0.1) is 0 Å². The van der Waals surface area contributed by atoms with E-state index in [0.717, 1.165) is 20.2 Å². The van der Waals surface area contributed by atoms with Gasteiger partial charge in [0, 0.05) is 26.9 Å². The van der Waals surface area contributed by atoms with Crippen molar-refractivity contribution < 1.29 is 4.79 Å². The second kappa shape index (κ2) is 6.14. The van der Waals surface area contributed by atoms with E-state index in [1.807, 2.05) is 55.8 Å². The van der Waals surface area contributed by atoms with E-state index in [4.69, 9.17) is 0 Å². The van der Waals surface area contributed by atoms with Crippen molar-refractivity contribution in [2.24, 2.45) is 0 Å². The molecule has 0 aliphatic heterocycles. The minimum atomic E-state index is -0.105. The summed E-state index contributed by atoms with van der Waals surface area (Å²) in [5, 5.41) is 2.93. The highest BCUT2D eigenvalue weighted by atomic mass is 79.9. The van der Waals surface area contributed by atoms with Gasteiger partial charge in [0.25, 0.3) is 5.91 Å². The molecule has 1 aromatic carbocycles. The molecule has 0 radical (unpaired) electrons. The number of rotatable bonds is 3. The number of nitrogens with zero attached hydrogens (tertiary/aromatic N) is 1. The van der Waals surface area contributed by atoms with Crippen molar-refractivity contribution in [1.82, 2.24) is 4.57 Å². The van der Waals surface area contributed by atoms with Crippen LogP contribution in [0.1, 0.15) is 35.9 Å². The van der Waals surface area contributed by atoms with E-state index in [2.05, 4.69) is 37.2 Å². The number of hydrogen-bond acceptors (Lipinski definition) is 1. The molecule has 5 heteroatoms. The quantitative estimate of drug-likeness (QED) is 0.760. The number of carbonyl (C=O) groups excluding carboxylic acids is 1. The van der Waals surface area contributed by atoms with Crippen molar-refractivity contribution in [3.8, 4) is 0 Å². The maximum atomic E-state index is 12.4. The molecule has 0 fully saturated rings. The fourth-order valence-electron chi connectivity index (χ4n) is 1.97. The first kappa shape index (κ1) is 15.3. The Bertz CT molecular complexity index is 647. The lowest BCUT2D eigenvalue weighted by Crippen LogP contribution is -2.17. The largest absolute Gasteiger partial charge is 0.340 e. The maximum absolute atomic E-state index is 12.4. The number of nitrogens with one attached hydrogen (secondary N) is 1. The highest BCUT2D eigenvalue weighted by molar-refractivity contribution is 9.10. The van der Waals surface area contributed by atoms with Crippen LogP contribution in [0.15, 0.2) is 39.4 Å². The Morgan fingerprint density at radius 2 is 1.95 bits per heavy atom. The molecule has 1 amide bonds. The zero-order valence-corrected chi connectivity index (χ0v) is 14.7. The molecule has 0 aliphatic carbocycles. The van der Waals surface area contributed by atoms with Gasteiger partial charge >= 0.3 is 0 Å². The maximum Gasteiger partial charge on any atom is 0.272 e. The van der Waals surface area contributed by atoms with Gasteiger partial charge in [0.2, 0.25) is 0 Å². The zero-order valence-electron chi connectivity index (χ0n) is 11.6. The number of anilines is 1. The van der Waals surface area contributed by atoms with Gasteiger partial charge in [-0.3, -0.25) is 4.79 Å². The normalized spacial score (nSPS) is 10.9. The van der Waals surface area contributed by atoms with Crippen molar-refractivity contribution in [3.63, 3.8) is 0 Å². The number of hydrogen-bond donors (Lipinski definition) is 1. The smallest absolute Gasteiger partial charge is 0.272 e. The molecule has 1 aromatic heterocycles. The van der Waals surface area contributed by atoms with Crippen LogP contribution in [0, 0.1) is 6.92 Å². The van der Waals surface area contributed by atoms with Gasteiger partial charge in [-0.05, 0) is 66.5 Å². The Labute approximate surface area is 135 Å². The van der Waals surface area contributed by atoms with Gasteiger partial charge in [0.05, 0.1) is 0 Å². The number of halogens is 2. The molecule has 1 heterocycles. The second-order valence-corrected chi connectivity index (χ2v) is 6.73. The molecule has 0 saturated heterocycles. The first-order valence-electron chi connectivity index (χ1n) is 6.33. The fraction of sp³-hybridized carbons (Fsp3) is 0.267. The van der Waals surface area contributed by atoms with Gasteiger partial charge in [-0.1, -0.05) is 15.9 Å². The third-order valence-electron chi connectivity index (χ3n) is 3.02. The van der Waals surface area contributed by atoms with Crippen LogP contribution in [0.5, 0.6) is 0 Å². The van der Waals surface area contributed by atoms with Crippen molar-refractivity contribution in [2.75, 3.05) is 5.32 Å². The van der Waals surface area contributed by atoms with Crippen LogP contribution in [-0.4, -0.2) is 10.5 Å². The lowest BCUT2D eigenvalue weighted by molar-refractivity contribution is 0.101. The predicted molar refractivity (Wildman–Crippen MR) is 89.3 cm³/mol. The minimum Gasteiger partial charge on any atom is -0.340 e. The number of amides is 1. The third-order valence-corrected chi connectivity index (χ3v) is 4.34. The van der Waals surface area contributed by atoms with Gasteiger partial charge in [-0.2, -0.15) is 0 Å². The molecule has 20 heavy (non-hydrogen) atoms. The summed E-state index contributed by atoms with van der Waals surface area (Å²) in [6, 6.07) is 7.82. The van der Waals surface area contributed by atoms with Gasteiger partial charge in [-0.25, -0.2) is 0 Å². The second-order valence-electron chi connectivity index (χ2n) is 4.96. The van der Waals surface area contributed by atoms with Crippen LogP contribution in [0.3, 0.4) is 0 Å². The van der Waals surface area contributed by atoms with Crippen molar-refractivity contribution in [2.45, 2.75) is 26.8 Å². The monoisotopic (exact) mass is 398 g/mol. The minimum absolute atomic E-state index is 0.105. The van der Waals surface area contributed by atoms with Crippen LogP contribution in [-0.2, 0) is 0 Å². The topological polar surface area (TPSA) is 34.0 Å². The molecule has 0 atom stereocenters. The average Bonchev–Trinajstić information content (AvgIpc) is 2.76. The molecule has 106 valence electrons. The first-order chi connectivity index (χ1) is 9.38. The predicted octanol–water partition coefficient (Wildman–Crippen LogP) is 5.15. The summed E-state index contributed by atoms with van der Waals surface area (Å²) in [7, 11) is 0. The number of benzene rings is 1. The zero-order chi connectivity index (χ0) is 14.9. The summed E-state index contributed by atoms with van der Waals surface area (Å²) in [5.74, 6) is -0.105. The van der Waals surface area contributed by atoms with Crippen molar-refractivity contribution in [3.05, 3.63) is 50.7 Å². The highest BCUT2D eigenvalue weighted by Gasteiger charge is 2.15. The van der Waals surface area contributed by atoms with Gasteiger partial charge < -0.3 is 9.88 Å². The van der Waals surface area contributed by atoms with Crippen LogP contribution in [0.4, 0.5) is 5.69 Å². The van der Waals surface area contributed by atoms with E-state index in [1.165, 1.54) is 0 Å². The SMILES string of the molecule is Cc1cc(NC(=O)c2cc(Br)cn2C(C)C)ccc1Br. The van der Waals surface area contributed by atoms with Crippen LogP contribution < -0.4 is 5.32 Å². The summed E-state index contributed by atoms with van der Waals surface area (Å²) >= 11 is 6.87. The Kier molecular flexibility index (Phi) is 4.70. The molecular formula is C15H16Br2N2O. The Morgan fingerprint density at radius 3 is 2.55 bits per heavy atom. The molecule has 2 aromatic rings. The van der Waals surface area contributed by atoms with Gasteiger partial charge in [0.15, 0.2) is 0 Å². The Morgan fingerprint density at radius 1 is 1.25 bits per heavy atom. The number of aryl methyl sites for hydroxylation is 1. The fourth-order valence-corrected chi connectivity index (χ4v) is 2.66. The van der Waals surface area contributed by atoms with E-state index in [1.54, 1.807) is 0 Å². The molecule has 1 N–H and O–H groups in total. The Hall–Kier alpha value is -1.07. The van der Waals surface area contributed by atoms with E-state index in [-0.39, 0.29) is 11.9 Å². The lowest BCUT2D eigenvalue weighted by atomic mass is 10.2. The molecule has 0 bridgehead atoms. The summed E-state index contributed by atoms with van der Waals surface area (Å²) in [6.45, 7) is 6.09. The van der Waals surface area contributed by atoms with Crippen LogP contribution >= 0.6 is 31.9 Å². The average molecular weight is 400 g/mol. The molecule has 3 nitrogen and oxygen atoms in total. The van der Waals surface area contributed by atoms with Crippen LogP contribution in [0.2, 0.25) is 0 Å². The first-order valence-corrected chi connectivity index (χ1v) is 7.92. The summed E-state index contributed by atoms with van der Waals surface area (Å²) in [4.78, 5) is 12.4. The number of aromatic nitrogens is 1. The van der Waals surface area contributed by atoms with Crippen LogP contribution in [0.25, 0.3) is 0 Å². The van der Waals surface area contributed by atoms with Gasteiger partial charge in [0.1, 0.15) is 5.69 Å². The molecule has 2 rings (SSSR count). The molecule has 0 spiro atoms. The van der Waals surface area contributed by atoms with Crippen molar-refractivity contribution in [1.29, 1.82) is 0 Å². The van der Waals surface area contributed by atoms with E-state index >= 15 is 0 Å². The van der Waals surface area contributed by atoms with E-state index in [0.29, 0.717) is 5.69 Å². The molecule has 0 saturated carbocycles. The molecular weight excluding hydrogens is 384 g/mol. The standard InChI is InChI=1S/C15H16Br2N2O/c1-9(2)19-8-11(16)7-14(19)15(20)18-12-4-5-13(17)10(3)6-12/h4-9H,1-3H3,(H,18,20). The molecule has 0 aliphatic rings. The van der Waals surface area contributed by atoms with E-state index < -0.39 is 0 Å². The van der Waals surface area contributed by atoms with Crippen molar-refractivity contribution >= 4 is 43.5 Å². The third kappa shape index (κ3) is 3.33. The highest BCUT2D eigenvalue weighted by Crippen LogP contribution is 2.23.